The fraction of sp³-hybridized carbons (Fsp3) is 0.417. The lowest BCUT2D eigenvalue weighted by molar-refractivity contribution is -0.384. The monoisotopic (exact) mass is 234 g/mol. The summed E-state index contributed by atoms with van der Waals surface area (Å²) in [7, 11) is 1.66. The van der Waals surface area contributed by atoms with Crippen LogP contribution in [0.25, 0.3) is 0 Å². The minimum Gasteiger partial charge on any atom is -0.315 e. The van der Waals surface area contributed by atoms with Gasteiger partial charge in [0, 0.05) is 25.1 Å². The van der Waals surface area contributed by atoms with Gasteiger partial charge in [-0.05, 0) is 18.4 Å². The maximum Gasteiger partial charge on any atom is 0.271 e. The number of hydrogen-bond donors (Lipinski definition) is 0. The molecule has 0 unspecified atom stereocenters. The Bertz CT molecular complexity index is 473. The second-order valence-corrected chi connectivity index (χ2v) is 4.49. The van der Waals surface area contributed by atoms with Crippen LogP contribution in [0.2, 0.25) is 0 Å². The van der Waals surface area contributed by atoms with Crippen molar-refractivity contribution in [1.29, 1.82) is 0 Å². The summed E-state index contributed by atoms with van der Waals surface area (Å²) in [6.07, 6.45) is 0.915. The number of carbonyl (C=O) groups is 1. The summed E-state index contributed by atoms with van der Waals surface area (Å²) in [5, 5.41) is 10.6. The predicted molar refractivity (Wildman–Crippen MR) is 63.8 cm³/mol. The van der Waals surface area contributed by atoms with Crippen molar-refractivity contribution in [3.8, 4) is 0 Å². The molecule has 0 aliphatic heterocycles. The molecule has 0 radical (unpaired) electrons. The van der Waals surface area contributed by atoms with Gasteiger partial charge in [0.1, 0.15) is 0 Å². The summed E-state index contributed by atoms with van der Waals surface area (Å²) in [5.41, 5.74) is 0.578. The number of amides is 1. The van der Waals surface area contributed by atoms with E-state index in [9.17, 15) is 14.9 Å². The van der Waals surface area contributed by atoms with Crippen molar-refractivity contribution < 1.29 is 9.72 Å². The van der Waals surface area contributed by atoms with E-state index in [0.717, 1.165) is 6.42 Å². The zero-order chi connectivity index (χ0) is 12.6. The van der Waals surface area contributed by atoms with Gasteiger partial charge in [-0.25, -0.2) is 0 Å². The third-order valence-electron chi connectivity index (χ3n) is 3.19. The molecular formula is C12H14N2O3. The number of anilines is 1. The van der Waals surface area contributed by atoms with E-state index in [2.05, 4.69) is 0 Å². The smallest absolute Gasteiger partial charge is 0.271 e. The molecule has 1 aromatic rings. The Morgan fingerprint density at radius 1 is 1.53 bits per heavy atom. The van der Waals surface area contributed by atoms with E-state index >= 15 is 0 Å². The van der Waals surface area contributed by atoms with E-state index in [-0.39, 0.29) is 17.5 Å². The lowest BCUT2D eigenvalue weighted by Crippen LogP contribution is -2.28. The minimum atomic E-state index is -0.457. The summed E-state index contributed by atoms with van der Waals surface area (Å²) in [4.78, 5) is 23.6. The molecule has 1 saturated carbocycles. The Hall–Kier alpha value is -1.91. The SMILES string of the molecule is C[C@@H]1C[C@H]1C(=O)N(C)c1cccc([N+](=O)[O-])c1. The summed E-state index contributed by atoms with van der Waals surface area (Å²) in [6.45, 7) is 2.03. The second-order valence-electron chi connectivity index (χ2n) is 4.49. The Morgan fingerprint density at radius 2 is 2.18 bits per heavy atom. The molecule has 1 aromatic carbocycles. The van der Waals surface area contributed by atoms with Crippen molar-refractivity contribution in [2.75, 3.05) is 11.9 Å². The van der Waals surface area contributed by atoms with E-state index in [1.54, 1.807) is 19.2 Å². The van der Waals surface area contributed by atoms with Crippen LogP contribution in [0.1, 0.15) is 13.3 Å². The summed E-state index contributed by atoms with van der Waals surface area (Å²) in [5.74, 6) is 0.556. The number of carbonyl (C=O) groups excluding carboxylic acids is 1. The molecule has 2 rings (SSSR count). The number of nitrogens with zero attached hydrogens (tertiary/aromatic N) is 2. The minimum absolute atomic E-state index is 0.00555. The first-order valence-corrected chi connectivity index (χ1v) is 5.52. The molecule has 0 aromatic heterocycles. The van der Waals surface area contributed by atoms with Gasteiger partial charge >= 0.3 is 0 Å². The standard InChI is InChI=1S/C12H14N2O3/c1-8-6-11(8)12(15)13(2)9-4-3-5-10(7-9)14(16)17/h3-5,7-8,11H,6H2,1-2H3/t8-,11-/m1/s1. The van der Waals surface area contributed by atoms with Crippen LogP contribution >= 0.6 is 0 Å². The number of nitro groups is 1. The quantitative estimate of drug-likeness (QED) is 0.595. The van der Waals surface area contributed by atoms with Crippen LogP contribution < -0.4 is 4.90 Å². The lowest BCUT2D eigenvalue weighted by Gasteiger charge is -2.16. The van der Waals surface area contributed by atoms with Gasteiger partial charge in [0.25, 0.3) is 5.69 Å². The highest BCUT2D eigenvalue weighted by atomic mass is 16.6. The van der Waals surface area contributed by atoms with Crippen LogP contribution in [0.5, 0.6) is 0 Å². The lowest BCUT2D eigenvalue weighted by atomic mass is 10.2. The third kappa shape index (κ3) is 2.27. The summed E-state index contributed by atoms with van der Waals surface area (Å²) < 4.78 is 0. The third-order valence-corrected chi connectivity index (χ3v) is 3.19. The summed E-state index contributed by atoms with van der Waals surface area (Å²) >= 11 is 0. The molecule has 5 heteroatoms. The fourth-order valence-electron chi connectivity index (χ4n) is 1.86. The maximum absolute atomic E-state index is 12.0. The molecule has 0 heterocycles. The van der Waals surface area contributed by atoms with Crippen LogP contribution in [0, 0.1) is 22.0 Å². The Morgan fingerprint density at radius 3 is 2.71 bits per heavy atom. The van der Waals surface area contributed by atoms with Gasteiger partial charge in [0.2, 0.25) is 5.91 Å². The second kappa shape index (κ2) is 4.16. The predicted octanol–water partition coefficient (Wildman–Crippen LogP) is 2.21. The Balaban J connectivity index is 2.18. The highest BCUT2D eigenvalue weighted by molar-refractivity contribution is 5.96. The van der Waals surface area contributed by atoms with E-state index < -0.39 is 4.92 Å². The molecule has 0 spiro atoms. The normalized spacial score (nSPS) is 22.0. The van der Waals surface area contributed by atoms with Crippen molar-refractivity contribution in [3.63, 3.8) is 0 Å². The summed E-state index contributed by atoms with van der Waals surface area (Å²) in [6, 6.07) is 6.14. The van der Waals surface area contributed by atoms with Gasteiger partial charge in [0.15, 0.2) is 0 Å². The van der Waals surface area contributed by atoms with Crippen LogP contribution in [0.3, 0.4) is 0 Å². The first kappa shape index (κ1) is 11.6. The van der Waals surface area contributed by atoms with Gasteiger partial charge in [-0.2, -0.15) is 0 Å². The zero-order valence-corrected chi connectivity index (χ0v) is 9.79. The molecular weight excluding hydrogens is 220 g/mol. The molecule has 1 fully saturated rings. The van der Waals surface area contributed by atoms with Crippen molar-refractivity contribution in [2.45, 2.75) is 13.3 Å². The zero-order valence-electron chi connectivity index (χ0n) is 9.79. The Kier molecular flexibility index (Phi) is 2.83. The van der Waals surface area contributed by atoms with Gasteiger partial charge in [0.05, 0.1) is 10.6 Å². The molecule has 90 valence electrons. The molecule has 2 atom stereocenters. The molecule has 1 amide bonds. The van der Waals surface area contributed by atoms with Gasteiger partial charge in [-0.1, -0.05) is 13.0 Å². The largest absolute Gasteiger partial charge is 0.315 e. The van der Waals surface area contributed by atoms with Crippen LogP contribution in [0.4, 0.5) is 11.4 Å². The van der Waals surface area contributed by atoms with Crippen LogP contribution in [0.15, 0.2) is 24.3 Å². The van der Waals surface area contributed by atoms with Crippen molar-refractivity contribution >= 4 is 17.3 Å². The van der Waals surface area contributed by atoms with Gasteiger partial charge < -0.3 is 4.90 Å². The molecule has 5 nitrogen and oxygen atoms in total. The van der Waals surface area contributed by atoms with Crippen LogP contribution in [-0.2, 0) is 4.79 Å². The molecule has 0 saturated heterocycles. The first-order valence-electron chi connectivity index (χ1n) is 5.52. The van der Waals surface area contributed by atoms with Crippen molar-refractivity contribution in [3.05, 3.63) is 34.4 Å². The van der Waals surface area contributed by atoms with E-state index in [0.29, 0.717) is 11.6 Å². The topological polar surface area (TPSA) is 63.5 Å². The highest BCUT2D eigenvalue weighted by Crippen LogP contribution is 2.39. The average molecular weight is 234 g/mol. The van der Waals surface area contributed by atoms with E-state index in [1.807, 2.05) is 6.92 Å². The number of nitro benzene ring substituents is 1. The average Bonchev–Trinajstić information content (AvgIpc) is 3.04. The number of hydrogen-bond acceptors (Lipinski definition) is 3. The Labute approximate surface area is 99.2 Å². The van der Waals surface area contributed by atoms with Gasteiger partial charge in [-0.15, -0.1) is 0 Å². The van der Waals surface area contributed by atoms with E-state index in [1.165, 1.54) is 17.0 Å². The highest BCUT2D eigenvalue weighted by Gasteiger charge is 2.41. The fourth-order valence-corrected chi connectivity index (χ4v) is 1.86. The number of rotatable bonds is 3. The molecule has 17 heavy (non-hydrogen) atoms. The molecule has 1 aliphatic carbocycles. The van der Waals surface area contributed by atoms with Crippen LogP contribution in [-0.4, -0.2) is 17.9 Å². The number of non-ortho nitro benzene ring substituents is 1. The molecule has 0 bridgehead atoms. The van der Waals surface area contributed by atoms with Gasteiger partial charge in [-0.3, -0.25) is 14.9 Å². The molecule has 0 N–H and O–H groups in total. The number of benzene rings is 1. The first-order chi connectivity index (χ1) is 8.00. The maximum atomic E-state index is 12.0. The van der Waals surface area contributed by atoms with Crippen molar-refractivity contribution in [2.24, 2.45) is 11.8 Å². The molecule has 1 aliphatic rings. The van der Waals surface area contributed by atoms with Crippen molar-refractivity contribution in [1.82, 2.24) is 0 Å². The van der Waals surface area contributed by atoms with E-state index in [4.69, 9.17) is 0 Å².